The second-order valence-corrected chi connectivity index (χ2v) is 12.1. The van der Waals surface area contributed by atoms with Gasteiger partial charge in [0.2, 0.25) is 0 Å². The number of carbonyl (C=O) groups is 1. The predicted molar refractivity (Wildman–Crippen MR) is 175 cm³/mol. The van der Waals surface area contributed by atoms with Gasteiger partial charge in [0.15, 0.2) is 4.80 Å². The van der Waals surface area contributed by atoms with Crippen molar-refractivity contribution < 1.29 is 14.1 Å². The quantitative estimate of drug-likeness (QED) is 0.166. The summed E-state index contributed by atoms with van der Waals surface area (Å²) in [7, 11) is 0. The molecule has 1 aliphatic rings. The molecule has 5 aromatic rings. The maximum Gasteiger partial charge on any atom is 0.273 e. The maximum absolute atomic E-state index is 14.1. The van der Waals surface area contributed by atoms with Crippen LogP contribution in [0.2, 0.25) is 0 Å². The van der Waals surface area contributed by atoms with E-state index in [-0.39, 0.29) is 17.2 Å². The number of nitrogens with one attached hydrogen (secondary N) is 1. The van der Waals surface area contributed by atoms with Crippen LogP contribution in [0.1, 0.15) is 55.2 Å². The number of allylic oxidation sites excluding steroid dienone is 1. The first-order valence-electron chi connectivity index (χ1n) is 14.5. The van der Waals surface area contributed by atoms with Gasteiger partial charge in [-0.05, 0) is 55.2 Å². The molecule has 2 aromatic heterocycles. The van der Waals surface area contributed by atoms with Crippen LogP contribution in [0.25, 0.3) is 17.4 Å². The molecule has 0 unspecified atom stereocenters. The molecule has 0 aliphatic carbocycles. The normalized spacial score (nSPS) is 14.8. The van der Waals surface area contributed by atoms with E-state index in [0.29, 0.717) is 54.9 Å². The Hall–Kier alpha value is -5.35. The molecule has 3 aromatic carbocycles. The lowest BCUT2D eigenvalue weighted by molar-refractivity contribution is -0.385. The van der Waals surface area contributed by atoms with E-state index >= 15 is 0 Å². The smallest absolute Gasteiger partial charge is 0.273 e. The molecule has 1 atom stereocenters. The van der Waals surface area contributed by atoms with Gasteiger partial charge >= 0.3 is 0 Å². The lowest BCUT2D eigenvalue weighted by atomic mass is 9.93. The number of benzene rings is 3. The van der Waals surface area contributed by atoms with Crippen molar-refractivity contribution in [2.24, 2.45) is 4.99 Å². The van der Waals surface area contributed by atoms with E-state index in [1.807, 2.05) is 54.6 Å². The fourth-order valence-corrected chi connectivity index (χ4v) is 6.53. The van der Waals surface area contributed by atoms with Gasteiger partial charge in [-0.25, -0.2) is 4.99 Å². The molecule has 226 valence electrons. The molecule has 1 aliphatic heterocycles. The van der Waals surface area contributed by atoms with E-state index in [1.54, 1.807) is 48.8 Å². The van der Waals surface area contributed by atoms with Gasteiger partial charge in [0.25, 0.3) is 17.2 Å². The van der Waals surface area contributed by atoms with Crippen LogP contribution < -0.4 is 20.2 Å². The number of aromatic nitrogens is 1. The SMILES string of the molecule is CC1=C(C(=O)Nc2ccccc2)[C@@H](c2ccc(C(C)C)cc2)n2c(s/c(=C\c3ccc(-c4cccc([N+](=O)[O-])c4C)o3)c2=O)=N1. The highest BCUT2D eigenvalue weighted by Crippen LogP contribution is 2.33. The van der Waals surface area contributed by atoms with Gasteiger partial charge in [0.05, 0.1) is 26.8 Å². The Kier molecular flexibility index (Phi) is 7.90. The van der Waals surface area contributed by atoms with Gasteiger partial charge in [0, 0.05) is 29.0 Å². The predicted octanol–water partition coefficient (Wildman–Crippen LogP) is 6.47. The first-order chi connectivity index (χ1) is 21.6. The Balaban J connectivity index is 1.45. The number of thiazole rings is 1. The van der Waals surface area contributed by atoms with Crippen LogP contribution in [0.15, 0.2) is 110 Å². The average Bonchev–Trinajstić information content (AvgIpc) is 3.60. The Morgan fingerprint density at radius 2 is 1.76 bits per heavy atom. The summed E-state index contributed by atoms with van der Waals surface area (Å²) in [5.74, 6) is 0.853. The summed E-state index contributed by atoms with van der Waals surface area (Å²) in [6, 6.07) is 24.7. The van der Waals surface area contributed by atoms with Crippen LogP contribution in [-0.2, 0) is 4.79 Å². The zero-order valence-corrected chi connectivity index (χ0v) is 25.9. The fraction of sp³-hybridized carbons (Fsp3) is 0.171. The van der Waals surface area contributed by atoms with Crippen molar-refractivity contribution >= 4 is 34.7 Å². The highest BCUT2D eigenvalue weighted by Gasteiger charge is 2.32. The molecule has 0 saturated carbocycles. The second kappa shape index (κ2) is 12.0. The molecule has 1 amide bonds. The number of nitro benzene ring substituents is 1. The minimum atomic E-state index is -0.701. The maximum atomic E-state index is 14.1. The molecule has 0 saturated heterocycles. The number of rotatable bonds is 7. The topological polar surface area (TPSA) is 120 Å². The van der Waals surface area contributed by atoms with Crippen LogP contribution in [0.4, 0.5) is 11.4 Å². The molecule has 3 heterocycles. The van der Waals surface area contributed by atoms with Crippen LogP contribution >= 0.6 is 11.3 Å². The van der Waals surface area contributed by atoms with E-state index in [0.717, 1.165) is 11.1 Å². The largest absolute Gasteiger partial charge is 0.457 e. The number of nitrogens with zero attached hydrogens (tertiary/aromatic N) is 3. The molecular formula is C35H30N4O5S. The Bertz CT molecular complexity index is 2160. The molecule has 0 bridgehead atoms. The molecule has 0 fully saturated rings. The minimum Gasteiger partial charge on any atom is -0.457 e. The molecular weight excluding hydrogens is 588 g/mol. The van der Waals surface area contributed by atoms with Crippen molar-refractivity contribution in [3.8, 4) is 11.3 Å². The summed E-state index contributed by atoms with van der Waals surface area (Å²) in [6.45, 7) is 7.69. The number of hydrogen-bond donors (Lipinski definition) is 1. The van der Waals surface area contributed by atoms with E-state index in [1.165, 1.54) is 17.4 Å². The molecule has 6 rings (SSSR count). The zero-order valence-electron chi connectivity index (χ0n) is 25.1. The summed E-state index contributed by atoms with van der Waals surface area (Å²) in [5, 5.41) is 14.4. The molecule has 1 N–H and O–H groups in total. The van der Waals surface area contributed by atoms with E-state index in [4.69, 9.17) is 9.41 Å². The molecule has 45 heavy (non-hydrogen) atoms. The molecule has 0 radical (unpaired) electrons. The highest BCUT2D eigenvalue weighted by molar-refractivity contribution is 7.07. The van der Waals surface area contributed by atoms with E-state index < -0.39 is 11.0 Å². The zero-order chi connectivity index (χ0) is 31.8. The summed E-state index contributed by atoms with van der Waals surface area (Å²) in [6.07, 6.45) is 1.64. The standard InChI is InChI=1S/C35H30N4O5S/c1-20(2)23-13-15-24(16-14-23)32-31(33(40)37-25-9-6-5-7-10-25)22(4)36-35-38(32)34(41)30(45-35)19-26-17-18-29(44-26)27-11-8-12-28(21(27)3)39(42)43/h5-20,32H,1-4H3,(H,37,40)/b30-19-/t32-/m1/s1. The van der Waals surface area contributed by atoms with Crippen molar-refractivity contribution in [2.45, 2.75) is 39.7 Å². The van der Waals surface area contributed by atoms with Crippen LogP contribution in [-0.4, -0.2) is 15.4 Å². The van der Waals surface area contributed by atoms with Crippen molar-refractivity contribution in [3.05, 3.63) is 148 Å². The third-order valence-corrected chi connectivity index (χ3v) is 8.87. The average molecular weight is 619 g/mol. The third kappa shape index (κ3) is 5.67. The van der Waals surface area contributed by atoms with E-state index in [9.17, 15) is 19.7 Å². The van der Waals surface area contributed by atoms with Crippen molar-refractivity contribution in [2.75, 3.05) is 5.32 Å². The lowest BCUT2D eigenvalue weighted by Gasteiger charge is -2.25. The summed E-state index contributed by atoms with van der Waals surface area (Å²) >= 11 is 1.21. The fourth-order valence-electron chi connectivity index (χ4n) is 5.50. The van der Waals surface area contributed by atoms with Crippen LogP contribution in [0.5, 0.6) is 0 Å². The summed E-state index contributed by atoms with van der Waals surface area (Å²) in [4.78, 5) is 44.0. The lowest BCUT2D eigenvalue weighted by Crippen LogP contribution is -2.40. The number of nitro groups is 1. The number of carbonyl (C=O) groups excluding carboxylic acids is 1. The van der Waals surface area contributed by atoms with Crippen LogP contribution in [0.3, 0.4) is 0 Å². The first kappa shape index (κ1) is 29.7. The van der Waals surface area contributed by atoms with Crippen molar-refractivity contribution in [1.82, 2.24) is 4.57 Å². The number of furan rings is 1. The Morgan fingerprint density at radius 3 is 2.44 bits per heavy atom. The summed E-state index contributed by atoms with van der Waals surface area (Å²) in [5.41, 5.74) is 4.27. The second-order valence-electron chi connectivity index (χ2n) is 11.1. The van der Waals surface area contributed by atoms with Gasteiger partial charge in [-0.3, -0.25) is 24.3 Å². The monoisotopic (exact) mass is 618 g/mol. The number of anilines is 1. The highest BCUT2D eigenvalue weighted by atomic mass is 32.1. The van der Waals surface area contributed by atoms with Gasteiger partial charge in [-0.2, -0.15) is 0 Å². The molecule has 10 heteroatoms. The molecule has 0 spiro atoms. The first-order valence-corrected chi connectivity index (χ1v) is 15.3. The third-order valence-electron chi connectivity index (χ3n) is 7.88. The number of fused-ring (bicyclic) bond motifs is 1. The Morgan fingerprint density at radius 1 is 1.02 bits per heavy atom. The van der Waals surface area contributed by atoms with Gasteiger partial charge in [-0.15, -0.1) is 0 Å². The van der Waals surface area contributed by atoms with Crippen molar-refractivity contribution in [1.29, 1.82) is 0 Å². The number of amides is 1. The Labute approximate surface area is 262 Å². The van der Waals surface area contributed by atoms with Crippen molar-refractivity contribution in [3.63, 3.8) is 0 Å². The summed E-state index contributed by atoms with van der Waals surface area (Å²) < 4.78 is 8.00. The van der Waals surface area contributed by atoms with Gasteiger partial charge < -0.3 is 9.73 Å². The van der Waals surface area contributed by atoms with E-state index in [2.05, 4.69) is 19.2 Å². The minimum absolute atomic E-state index is 0.00246. The van der Waals surface area contributed by atoms with Crippen LogP contribution in [0, 0.1) is 17.0 Å². The number of hydrogen-bond acceptors (Lipinski definition) is 7. The number of para-hydroxylation sites is 1. The van der Waals surface area contributed by atoms with Gasteiger partial charge in [0.1, 0.15) is 11.5 Å². The molecule has 9 nitrogen and oxygen atoms in total. The van der Waals surface area contributed by atoms with Gasteiger partial charge in [-0.1, -0.05) is 79.8 Å².